The number of piperazine rings is 1. The van der Waals surface area contributed by atoms with Gasteiger partial charge in [-0.05, 0) is 42.3 Å². The van der Waals surface area contributed by atoms with Crippen LogP contribution in [0.15, 0.2) is 18.3 Å². The Balaban J connectivity index is 1.43. The van der Waals surface area contributed by atoms with E-state index in [1.807, 2.05) is 18.7 Å². The maximum atomic E-state index is 12.7. The van der Waals surface area contributed by atoms with E-state index >= 15 is 0 Å². The second-order valence-electron chi connectivity index (χ2n) is 7.47. The fraction of sp³-hybridized carbons (Fsp3) is 0.474. The highest BCUT2D eigenvalue weighted by molar-refractivity contribution is 5.52. The number of aryl methyl sites for hydroxylation is 1. The third-order valence-electron chi connectivity index (χ3n) is 5.45. The van der Waals surface area contributed by atoms with Crippen LogP contribution in [-0.4, -0.2) is 61.6 Å². The summed E-state index contributed by atoms with van der Waals surface area (Å²) in [6.07, 6.45) is -3.04. The van der Waals surface area contributed by atoms with E-state index in [9.17, 15) is 13.2 Å². The lowest BCUT2D eigenvalue weighted by atomic mass is 10.1. The average Bonchev–Trinajstić information content (AvgIpc) is 3.16. The predicted molar refractivity (Wildman–Crippen MR) is 107 cm³/mol. The summed E-state index contributed by atoms with van der Waals surface area (Å²) in [5.74, 6) is 1.94. The monoisotopic (exact) mass is 433 g/mol. The summed E-state index contributed by atoms with van der Waals surface area (Å²) in [6.45, 7) is 6.61. The van der Waals surface area contributed by atoms with Crippen molar-refractivity contribution in [1.29, 1.82) is 0 Å². The van der Waals surface area contributed by atoms with Gasteiger partial charge in [-0.15, -0.1) is 15.3 Å². The number of rotatable bonds is 4. The van der Waals surface area contributed by atoms with Crippen LogP contribution in [0.3, 0.4) is 0 Å². The molecule has 0 amide bonds. The number of nitrogens with zero attached hydrogens (tertiary/aromatic N) is 9. The summed E-state index contributed by atoms with van der Waals surface area (Å²) >= 11 is 0. The molecule has 12 heteroatoms. The Bertz CT molecular complexity index is 1050. The summed E-state index contributed by atoms with van der Waals surface area (Å²) < 4.78 is 38.2. The van der Waals surface area contributed by atoms with Gasteiger partial charge >= 0.3 is 6.18 Å². The highest BCUT2D eigenvalue weighted by Crippen LogP contribution is 2.30. The van der Waals surface area contributed by atoms with E-state index < -0.39 is 11.7 Å². The summed E-state index contributed by atoms with van der Waals surface area (Å²) in [5.41, 5.74) is 2.13. The molecule has 164 valence electrons. The van der Waals surface area contributed by atoms with Gasteiger partial charge in [0.15, 0.2) is 11.6 Å². The molecule has 9 nitrogen and oxygen atoms in total. The van der Waals surface area contributed by atoms with Crippen LogP contribution in [0.4, 0.5) is 24.8 Å². The lowest BCUT2D eigenvalue weighted by Crippen LogP contribution is -2.47. The van der Waals surface area contributed by atoms with E-state index in [1.54, 1.807) is 7.05 Å². The maximum absolute atomic E-state index is 12.7. The third kappa shape index (κ3) is 4.42. The molecule has 0 unspecified atom stereocenters. The molecular weight excluding hydrogens is 411 g/mol. The topological polar surface area (TPSA) is 88.7 Å². The summed E-state index contributed by atoms with van der Waals surface area (Å²) in [4.78, 5) is 9.51. The Kier molecular flexibility index (Phi) is 5.46. The minimum atomic E-state index is -4.38. The molecule has 4 rings (SSSR count). The van der Waals surface area contributed by atoms with Gasteiger partial charge in [-0.2, -0.15) is 23.1 Å². The SMILES string of the molecule is Cc1c(Cc2nnn(C)n2)nnc(N2CCN(c3ccc(C(F)(F)F)cn3)CC2)c1C. The Morgan fingerprint density at radius 3 is 2.23 bits per heavy atom. The predicted octanol–water partition coefficient (Wildman–Crippen LogP) is 1.95. The van der Waals surface area contributed by atoms with Gasteiger partial charge < -0.3 is 9.80 Å². The van der Waals surface area contributed by atoms with Crippen LogP contribution in [0, 0.1) is 13.8 Å². The van der Waals surface area contributed by atoms with E-state index in [2.05, 4.69) is 35.5 Å². The zero-order valence-corrected chi connectivity index (χ0v) is 17.4. The number of pyridine rings is 1. The largest absolute Gasteiger partial charge is 0.417 e. The molecule has 0 N–H and O–H groups in total. The second-order valence-corrected chi connectivity index (χ2v) is 7.47. The van der Waals surface area contributed by atoms with Crippen LogP contribution in [0.1, 0.15) is 28.2 Å². The van der Waals surface area contributed by atoms with Crippen molar-refractivity contribution in [2.75, 3.05) is 36.0 Å². The van der Waals surface area contributed by atoms with E-state index in [0.29, 0.717) is 44.2 Å². The van der Waals surface area contributed by atoms with Crippen LogP contribution in [0.5, 0.6) is 0 Å². The lowest BCUT2D eigenvalue weighted by molar-refractivity contribution is -0.137. The Labute approximate surface area is 176 Å². The van der Waals surface area contributed by atoms with Crippen molar-refractivity contribution in [3.05, 3.63) is 46.5 Å². The van der Waals surface area contributed by atoms with Gasteiger partial charge in [-0.3, -0.25) is 0 Å². The molecule has 0 atom stereocenters. The highest BCUT2D eigenvalue weighted by atomic mass is 19.4. The standard InChI is InChI=1S/C19H22F3N9/c1-12-13(2)18(26-24-15(12)10-16-25-28-29(3)27-16)31-8-6-30(7-9-31)17-5-4-14(11-23-17)19(20,21)22/h4-5,11H,6-10H2,1-3H3. The van der Waals surface area contributed by atoms with Crippen molar-refractivity contribution < 1.29 is 13.2 Å². The van der Waals surface area contributed by atoms with E-state index in [-0.39, 0.29) is 0 Å². The number of hydrogen-bond acceptors (Lipinski definition) is 8. The number of aromatic nitrogens is 7. The summed E-state index contributed by atoms with van der Waals surface area (Å²) in [6, 6.07) is 2.49. The third-order valence-corrected chi connectivity index (χ3v) is 5.45. The molecule has 31 heavy (non-hydrogen) atoms. The zero-order chi connectivity index (χ0) is 22.2. The minimum absolute atomic E-state index is 0.459. The zero-order valence-electron chi connectivity index (χ0n) is 17.4. The van der Waals surface area contributed by atoms with Gasteiger partial charge in [0.05, 0.1) is 24.7 Å². The molecule has 4 heterocycles. The second kappa shape index (κ2) is 8.08. The first-order chi connectivity index (χ1) is 14.7. The van der Waals surface area contributed by atoms with Gasteiger partial charge in [-0.25, -0.2) is 4.98 Å². The van der Waals surface area contributed by atoms with Gasteiger partial charge in [0, 0.05) is 32.4 Å². The molecule has 3 aromatic rings. The molecule has 1 aliphatic heterocycles. The molecule has 0 aromatic carbocycles. The first-order valence-corrected chi connectivity index (χ1v) is 9.81. The molecule has 1 fully saturated rings. The molecule has 0 radical (unpaired) electrons. The fourth-order valence-electron chi connectivity index (χ4n) is 3.54. The van der Waals surface area contributed by atoms with Crippen molar-refractivity contribution in [3.63, 3.8) is 0 Å². The van der Waals surface area contributed by atoms with Crippen molar-refractivity contribution in [1.82, 2.24) is 35.4 Å². The molecule has 1 aliphatic rings. The van der Waals surface area contributed by atoms with Crippen molar-refractivity contribution in [3.8, 4) is 0 Å². The molecule has 0 aliphatic carbocycles. The van der Waals surface area contributed by atoms with Crippen LogP contribution >= 0.6 is 0 Å². The van der Waals surface area contributed by atoms with Gasteiger partial charge in [0.2, 0.25) is 0 Å². The van der Waals surface area contributed by atoms with Gasteiger partial charge in [0.25, 0.3) is 0 Å². The normalized spacial score (nSPS) is 14.9. The fourth-order valence-corrected chi connectivity index (χ4v) is 3.54. The Morgan fingerprint density at radius 1 is 0.935 bits per heavy atom. The highest BCUT2D eigenvalue weighted by Gasteiger charge is 2.31. The Hall–Kier alpha value is -3.31. The molecular formula is C19H22F3N9. The number of anilines is 2. The smallest absolute Gasteiger partial charge is 0.353 e. The molecule has 1 saturated heterocycles. The number of alkyl halides is 3. The average molecular weight is 433 g/mol. The molecule has 0 spiro atoms. The van der Waals surface area contributed by atoms with Crippen molar-refractivity contribution >= 4 is 11.6 Å². The molecule has 0 bridgehead atoms. The van der Waals surface area contributed by atoms with Gasteiger partial charge in [0.1, 0.15) is 5.82 Å². The van der Waals surface area contributed by atoms with E-state index in [1.165, 1.54) is 10.9 Å². The van der Waals surface area contributed by atoms with Crippen molar-refractivity contribution in [2.24, 2.45) is 7.05 Å². The van der Waals surface area contributed by atoms with Crippen molar-refractivity contribution in [2.45, 2.75) is 26.4 Å². The Morgan fingerprint density at radius 2 is 1.65 bits per heavy atom. The molecule has 0 saturated carbocycles. The number of halogens is 3. The number of hydrogen-bond donors (Lipinski definition) is 0. The molecule has 3 aromatic heterocycles. The summed E-state index contributed by atoms with van der Waals surface area (Å²) in [5, 5.41) is 20.8. The van der Waals surface area contributed by atoms with E-state index in [0.717, 1.165) is 34.9 Å². The maximum Gasteiger partial charge on any atom is 0.417 e. The van der Waals surface area contributed by atoms with Crippen LogP contribution in [0.25, 0.3) is 0 Å². The first-order valence-electron chi connectivity index (χ1n) is 9.81. The lowest BCUT2D eigenvalue weighted by Gasteiger charge is -2.36. The van der Waals surface area contributed by atoms with Crippen LogP contribution in [0.2, 0.25) is 0 Å². The van der Waals surface area contributed by atoms with Crippen LogP contribution < -0.4 is 9.80 Å². The summed E-state index contributed by atoms with van der Waals surface area (Å²) in [7, 11) is 1.71. The number of tetrazole rings is 1. The quantitative estimate of drug-likeness (QED) is 0.617. The first kappa shape index (κ1) is 20.9. The van der Waals surface area contributed by atoms with Gasteiger partial charge in [-0.1, -0.05) is 0 Å². The van der Waals surface area contributed by atoms with Crippen LogP contribution in [-0.2, 0) is 19.6 Å². The van der Waals surface area contributed by atoms with E-state index in [4.69, 9.17) is 0 Å². The minimum Gasteiger partial charge on any atom is -0.353 e.